The fourth-order valence-electron chi connectivity index (χ4n) is 1.48. The number of methoxy groups -OCH3 is 1. The molecule has 0 aromatic carbocycles. The number of nitrogens with zero attached hydrogens (tertiary/aromatic N) is 1. The van der Waals surface area contributed by atoms with Crippen LogP contribution in [-0.4, -0.2) is 23.8 Å². The maximum Gasteiger partial charge on any atom is 0.143 e. The number of aromatic nitrogens is 1. The van der Waals surface area contributed by atoms with Crippen LogP contribution in [-0.2, 0) is 0 Å². The molecule has 0 aliphatic heterocycles. The number of rotatable bonds is 4. The summed E-state index contributed by atoms with van der Waals surface area (Å²) in [4.78, 5) is 4.16. The summed E-state index contributed by atoms with van der Waals surface area (Å²) in [7, 11) is 1.55. The zero-order valence-corrected chi connectivity index (χ0v) is 9.58. The molecular weight excluding hydrogens is 216 g/mol. The van der Waals surface area contributed by atoms with E-state index >= 15 is 0 Å². The minimum atomic E-state index is -0.291. The zero-order valence-electron chi connectivity index (χ0n) is 8.83. The first-order chi connectivity index (χ1) is 7.11. The lowest BCUT2D eigenvalue weighted by atomic mass is 10.1. The first kappa shape index (κ1) is 12.2. The average molecular weight is 231 g/mol. The molecule has 1 atom stereocenters. The number of aliphatic hydroxyl groups excluding tert-OH is 1. The molecule has 15 heavy (non-hydrogen) atoms. The average Bonchev–Trinajstić information content (AvgIpc) is 2.18. The maximum atomic E-state index is 8.80. The monoisotopic (exact) mass is 230 g/mol. The highest BCUT2D eigenvalue weighted by Crippen LogP contribution is 2.31. The predicted molar refractivity (Wildman–Crippen MR) is 59.2 cm³/mol. The Balaban J connectivity index is 3.09. The highest BCUT2D eigenvalue weighted by Gasteiger charge is 2.15. The molecule has 0 aliphatic rings. The summed E-state index contributed by atoms with van der Waals surface area (Å²) in [5, 5.41) is 9.27. The lowest BCUT2D eigenvalue weighted by molar-refractivity contribution is 0.275. The van der Waals surface area contributed by atoms with Crippen molar-refractivity contribution in [3.05, 3.63) is 22.5 Å². The summed E-state index contributed by atoms with van der Waals surface area (Å²) in [6.07, 6.45) is 1.98. The van der Waals surface area contributed by atoms with E-state index in [1.54, 1.807) is 7.11 Å². The second-order valence-corrected chi connectivity index (χ2v) is 3.68. The Bertz CT molecular complexity index is 344. The molecule has 1 unspecified atom stereocenters. The fourth-order valence-corrected chi connectivity index (χ4v) is 1.75. The Hall–Kier alpha value is -0.840. The van der Waals surface area contributed by atoms with Crippen molar-refractivity contribution >= 4 is 11.6 Å². The van der Waals surface area contributed by atoms with Gasteiger partial charge in [-0.05, 0) is 13.3 Å². The van der Waals surface area contributed by atoms with Gasteiger partial charge in [-0.15, -0.1) is 0 Å². The molecule has 4 nitrogen and oxygen atoms in total. The SMILES string of the molecule is COc1c(Cl)cnc(C(N)CCO)c1C. The Morgan fingerprint density at radius 2 is 2.33 bits per heavy atom. The van der Waals surface area contributed by atoms with Gasteiger partial charge in [0.1, 0.15) is 10.8 Å². The van der Waals surface area contributed by atoms with Gasteiger partial charge < -0.3 is 15.6 Å². The van der Waals surface area contributed by atoms with E-state index in [4.69, 9.17) is 27.2 Å². The summed E-state index contributed by atoms with van der Waals surface area (Å²) in [5.74, 6) is 0.593. The van der Waals surface area contributed by atoms with Gasteiger partial charge in [0.25, 0.3) is 0 Å². The van der Waals surface area contributed by atoms with Crippen molar-refractivity contribution < 1.29 is 9.84 Å². The lowest BCUT2D eigenvalue weighted by Crippen LogP contribution is -2.15. The van der Waals surface area contributed by atoms with Crippen LogP contribution in [0.2, 0.25) is 5.02 Å². The van der Waals surface area contributed by atoms with Crippen molar-refractivity contribution in [3.8, 4) is 5.75 Å². The minimum Gasteiger partial charge on any atom is -0.495 e. The molecule has 5 heteroatoms. The molecule has 1 aromatic heterocycles. The Labute approximate surface area is 94.0 Å². The fraction of sp³-hybridized carbons (Fsp3) is 0.500. The highest BCUT2D eigenvalue weighted by molar-refractivity contribution is 6.32. The predicted octanol–water partition coefficient (Wildman–Crippen LogP) is 1.43. The summed E-state index contributed by atoms with van der Waals surface area (Å²) in [5.41, 5.74) is 7.40. The third-order valence-corrected chi connectivity index (χ3v) is 2.52. The lowest BCUT2D eigenvalue weighted by Gasteiger charge is -2.15. The van der Waals surface area contributed by atoms with Crippen LogP contribution in [0.1, 0.15) is 23.7 Å². The van der Waals surface area contributed by atoms with Crippen LogP contribution in [0.5, 0.6) is 5.75 Å². The Morgan fingerprint density at radius 1 is 1.67 bits per heavy atom. The minimum absolute atomic E-state index is 0.0349. The number of halogens is 1. The summed E-state index contributed by atoms with van der Waals surface area (Å²) in [6, 6.07) is -0.291. The third kappa shape index (κ3) is 2.59. The van der Waals surface area contributed by atoms with Crippen molar-refractivity contribution in [2.24, 2.45) is 5.73 Å². The summed E-state index contributed by atoms with van der Waals surface area (Å²) < 4.78 is 5.15. The van der Waals surface area contributed by atoms with Gasteiger partial charge in [-0.1, -0.05) is 11.6 Å². The van der Waals surface area contributed by atoms with E-state index in [-0.39, 0.29) is 12.6 Å². The highest BCUT2D eigenvalue weighted by atomic mass is 35.5. The van der Waals surface area contributed by atoms with Crippen LogP contribution < -0.4 is 10.5 Å². The molecule has 84 valence electrons. The zero-order chi connectivity index (χ0) is 11.4. The van der Waals surface area contributed by atoms with Crippen LogP contribution in [0.4, 0.5) is 0 Å². The molecule has 0 saturated carbocycles. The van der Waals surface area contributed by atoms with Crippen molar-refractivity contribution in [2.45, 2.75) is 19.4 Å². The smallest absolute Gasteiger partial charge is 0.143 e. The van der Waals surface area contributed by atoms with Crippen LogP contribution in [0.3, 0.4) is 0 Å². The molecular formula is C10H15ClN2O2. The van der Waals surface area contributed by atoms with E-state index in [0.717, 1.165) is 5.56 Å². The molecule has 0 aliphatic carbocycles. The summed E-state index contributed by atoms with van der Waals surface area (Å²) >= 11 is 5.91. The molecule has 0 spiro atoms. The largest absolute Gasteiger partial charge is 0.495 e. The van der Waals surface area contributed by atoms with E-state index in [2.05, 4.69) is 4.98 Å². The molecule has 0 radical (unpaired) electrons. The number of ether oxygens (including phenoxy) is 1. The van der Waals surface area contributed by atoms with Gasteiger partial charge in [0.15, 0.2) is 0 Å². The van der Waals surface area contributed by atoms with E-state index in [0.29, 0.717) is 22.9 Å². The number of aliphatic hydroxyl groups is 1. The molecule has 0 fully saturated rings. The van der Waals surface area contributed by atoms with Gasteiger partial charge in [0.05, 0.1) is 12.8 Å². The molecule has 0 bridgehead atoms. The standard InChI is InChI=1S/C10H15ClN2O2/c1-6-9(8(12)3-4-14)13-5-7(11)10(6)15-2/h5,8,14H,3-4,12H2,1-2H3. The van der Waals surface area contributed by atoms with E-state index < -0.39 is 0 Å². The van der Waals surface area contributed by atoms with Crippen LogP contribution in [0.25, 0.3) is 0 Å². The number of pyridine rings is 1. The van der Waals surface area contributed by atoms with Gasteiger partial charge in [-0.3, -0.25) is 4.98 Å². The quantitative estimate of drug-likeness (QED) is 0.821. The first-order valence-electron chi connectivity index (χ1n) is 4.67. The van der Waals surface area contributed by atoms with Gasteiger partial charge in [0.2, 0.25) is 0 Å². The number of hydrogen-bond acceptors (Lipinski definition) is 4. The number of nitrogens with two attached hydrogens (primary N) is 1. The topological polar surface area (TPSA) is 68.4 Å². The summed E-state index contributed by atoms with van der Waals surface area (Å²) in [6.45, 7) is 1.89. The van der Waals surface area contributed by atoms with Gasteiger partial charge in [-0.2, -0.15) is 0 Å². The van der Waals surface area contributed by atoms with Gasteiger partial charge >= 0.3 is 0 Å². The van der Waals surface area contributed by atoms with Gasteiger partial charge in [-0.25, -0.2) is 0 Å². The molecule has 1 rings (SSSR count). The molecule has 1 aromatic rings. The first-order valence-corrected chi connectivity index (χ1v) is 5.05. The van der Waals surface area contributed by atoms with Crippen molar-refractivity contribution in [1.29, 1.82) is 0 Å². The normalized spacial score (nSPS) is 12.6. The number of hydrogen-bond donors (Lipinski definition) is 2. The third-order valence-electron chi connectivity index (χ3n) is 2.25. The maximum absolute atomic E-state index is 8.80. The van der Waals surface area contributed by atoms with Gasteiger partial charge in [0, 0.05) is 24.4 Å². The van der Waals surface area contributed by atoms with E-state index in [9.17, 15) is 0 Å². The van der Waals surface area contributed by atoms with Crippen LogP contribution >= 0.6 is 11.6 Å². The Morgan fingerprint density at radius 3 is 2.87 bits per heavy atom. The van der Waals surface area contributed by atoms with Crippen LogP contribution in [0, 0.1) is 6.92 Å². The second kappa shape index (κ2) is 5.30. The Kier molecular flexibility index (Phi) is 4.32. The molecule has 3 N–H and O–H groups in total. The molecule has 1 heterocycles. The van der Waals surface area contributed by atoms with E-state index in [1.807, 2.05) is 6.92 Å². The van der Waals surface area contributed by atoms with Crippen LogP contribution in [0.15, 0.2) is 6.20 Å². The molecule has 0 saturated heterocycles. The second-order valence-electron chi connectivity index (χ2n) is 3.27. The van der Waals surface area contributed by atoms with Crippen molar-refractivity contribution in [3.63, 3.8) is 0 Å². The van der Waals surface area contributed by atoms with Crippen molar-refractivity contribution in [1.82, 2.24) is 4.98 Å². The van der Waals surface area contributed by atoms with E-state index in [1.165, 1.54) is 6.20 Å². The molecule has 0 amide bonds. The van der Waals surface area contributed by atoms with Crippen molar-refractivity contribution in [2.75, 3.05) is 13.7 Å².